The van der Waals surface area contributed by atoms with E-state index in [1.165, 1.54) is 20.1 Å². The molecule has 1 atom stereocenters. The van der Waals surface area contributed by atoms with Crippen LogP contribution in [0.2, 0.25) is 0 Å². The summed E-state index contributed by atoms with van der Waals surface area (Å²) < 4.78 is 10.0. The lowest BCUT2D eigenvalue weighted by atomic mass is 10.1. The number of benzene rings is 2. The number of hydrogen-bond donors (Lipinski definition) is 2. The molecule has 2 N–H and O–H groups in total. The van der Waals surface area contributed by atoms with Crippen LogP contribution in [-0.2, 0) is 14.3 Å². The first-order chi connectivity index (χ1) is 13.9. The lowest BCUT2D eigenvalue weighted by Gasteiger charge is -2.13. The van der Waals surface area contributed by atoms with Gasteiger partial charge in [-0.25, -0.2) is 4.79 Å². The summed E-state index contributed by atoms with van der Waals surface area (Å²) in [6.07, 6.45) is 0.107. The third kappa shape index (κ3) is 6.22. The predicted molar refractivity (Wildman–Crippen MR) is 104 cm³/mol. The summed E-state index contributed by atoms with van der Waals surface area (Å²) in [6.45, 7) is 1.32. The van der Waals surface area contributed by atoms with Crippen LogP contribution in [0.15, 0.2) is 60.2 Å². The summed E-state index contributed by atoms with van der Waals surface area (Å²) in [4.78, 5) is 36.1. The molecular formula is C21H19N3O5. The Labute approximate surface area is 167 Å². The van der Waals surface area contributed by atoms with E-state index in [1.807, 2.05) is 0 Å². The molecule has 2 aromatic rings. The van der Waals surface area contributed by atoms with Crippen molar-refractivity contribution in [1.82, 2.24) is 10.9 Å². The highest BCUT2D eigenvalue weighted by Gasteiger charge is 2.21. The van der Waals surface area contributed by atoms with Crippen LogP contribution in [0.5, 0.6) is 5.75 Å². The average Bonchev–Trinajstić information content (AvgIpc) is 2.76. The zero-order valence-electron chi connectivity index (χ0n) is 15.8. The van der Waals surface area contributed by atoms with Crippen molar-refractivity contribution in [3.63, 3.8) is 0 Å². The van der Waals surface area contributed by atoms with E-state index in [4.69, 9.17) is 9.47 Å². The Morgan fingerprint density at radius 3 is 2.28 bits per heavy atom. The zero-order chi connectivity index (χ0) is 21.2. The Morgan fingerprint density at radius 1 is 1.03 bits per heavy atom. The zero-order valence-corrected chi connectivity index (χ0v) is 15.8. The SMILES string of the molecule is COc1ccc(/C=C(\C#N)C(=O)O[C@@H](C)C(=O)NNC(=O)c2ccccc2)cc1. The van der Waals surface area contributed by atoms with Gasteiger partial charge in [-0.2, -0.15) is 5.26 Å². The molecule has 2 aromatic carbocycles. The summed E-state index contributed by atoms with van der Waals surface area (Å²) in [5.74, 6) is -1.59. The molecule has 0 aliphatic heterocycles. The van der Waals surface area contributed by atoms with Crippen molar-refractivity contribution in [3.05, 3.63) is 71.3 Å². The van der Waals surface area contributed by atoms with Gasteiger partial charge in [0.05, 0.1) is 7.11 Å². The number of ether oxygens (including phenoxy) is 2. The second-order valence-electron chi connectivity index (χ2n) is 5.80. The second kappa shape index (κ2) is 10.3. The predicted octanol–water partition coefficient (Wildman–Crippen LogP) is 2.00. The molecule has 0 saturated carbocycles. The minimum Gasteiger partial charge on any atom is -0.497 e. The van der Waals surface area contributed by atoms with E-state index in [0.29, 0.717) is 16.9 Å². The molecular weight excluding hydrogens is 374 g/mol. The van der Waals surface area contributed by atoms with E-state index in [0.717, 1.165) is 0 Å². The molecule has 0 bridgehead atoms. The van der Waals surface area contributed by atoms with Crippen LogP contribution in [0.1, 0.15) is 22.8 Å². The van der Waals surface area contributed by atoms with Crippen molar-refractivity contribution >= 4 is 23.9 Å². The van der Waals surface area contributed by atoms with Gasteiger partial charge in [0.2, 0.25) is 0 Å². The summed E-state index contributed by atoms with van der Waals surface area (Å²) >= 11 is 0. The van der Waals surface area contributed by atoms with E-state index in [2.05, 4.69) is 10.9 Å². The second-order valence-corrected chi connectivity index (χ2v) is 5.80. The van der Waals surface area contributed by atoms with Gasteiger partial charge in [0.15, 0.2) is 6.10 Å². The maximum Gasteiger partial charge on any atom is 0.349 e. The number of amides is 2. The molecule has 2 amide bonds. The fraction of sp³-hybridized carbons (Fsp3) is 0.143. The Kier molecular flexibility index (Phi) is 7.51. The number of carbonyl (C=O) groups excluding carboxylic acids is 3. The van der Waals surface area contributed by atoms with Crippen LogP contribution >= 0.6 is 0 Å². The Bertz CT molecular complexity index is 947. The number of esters is 1. The molecule has 2 rings (SSSR count). The Hall–Kier alpha value is -4.12. The van der Waals surface area contributed by atoms with Gasteiger partial charge in [0.25, 0.3) is 11.8 Å². The summed E-state index contributed by atoms with van der Waals surface area (Å²) in [5.41, 5.74) is 5.07. The van der Waals surface area contributed by atoms with Crippen molar-refractivity contribution in [2.24, 2.45) is 0 Å². The monoisotopic (exact) mass is 393 g/mol. The fourth-order valence-corrected chi connectivity index (χ4v) is 2.16. The number of hydrogen-bond acceptors (Lipinski definition) is 6. The first kappa shape index (κ1) is 21.2. The van der Waals surface area contributed by atoms with Crippen molar-refractivity contribution < 1.29 is 23.9 Å². The molecule has 29 heavy (non-hydrogen) atoms. The molecule has 0 spiro atoms. The Morgan fingerprint density at radius 2 is 1.69 bits per heavy atom. The summed E-state index contributed by atoms with van der Waals surface area (Å²) in [7, 11) is 1.53. The van der Waals surface area contributed by atoms with Gasteiger partial charge in [-0.3, -0.25) is 20.4 Å². The number of hydrazine groups is 1. The van der Waals surface area contributed by atoms with Gasteiger partial charge < -0.3 is 9.47 Å². The fourth-order valence-electron chi connectivity index (χ4n) is 2.16. The van der Waals surface area contributed by atoms with E-state index >= 15 is 0 Å². The lowest BCUT2D eigenvalue weighted by Crippen LogP contribution is -2.46. The molecule has 0 unspecified atom stereocenters. The summed E-state index contributed by atoms with van der Waals surface area (Å²) in [6, 6.07) is 16.7. The van der Waals surface area contributed by atoms with Crippen LogP contribution in [0.25, 0.3) is 6.08 Å². The van der Waals surface area contributed by atoms with Gasteiger partial charge >= 0.3 is 5.97 Å². The first-order valence-electron chi connectivity index (χ1n) is 8.56. The number of carbonyl (C=O) groups is 3. The molecule has 148 valence electrons. The molecule has 0 fully saturated rings. The Balaban J connectivity index is 1.93. The third-order valence-corrected chi connectivity index (χ3v) is 3.76. The van der Waals surface area contributed by atoms with Gasteiger partial charge in [0.1, 0.15) is 17.4 Å². The van der Waals surface area contributed by atoms with E-state index in [-0.39, 0.29) is 5.57 Å². The number of nitrogens with zero attached hydrogens (tertiary/aromatic N) is 1. The molecule has 0 aliphatic carbocycles. The molecule has 0 aliphatic rings. The topological polar surface area (TPSA) is 118 Å². The van der Waals surface area contributed by atoms with Crippen LogP contribution in [0.3, 0.4) is 0 Å². The van der Waals surface area contributed by atoms with E-state index in [9.17, 15) is 19.6 Å². The van der Waals surface area contributed by atoms with Crippen molar-refractivity contribution in [2.45, 2.75) is 13.0 Å². The van der Waals surface area contributed by atoms with Crippen molar-refractivity contribution in [1.29, 1.82) is 5.26 Å². The number of rotatable bonds is 6. The maximum absolute atomic E-state index is 12.2. The first-order valence-corrected chi connectivity index (χ1v) is 8.56. The number of nitrogens with one attached hydrogen (secondary N) is 2. The van der Waals surface area contributed by atoms with Crippen LogP contribution < -0.4 is 15.6 Å². The third-order valence-electron chi connectivity index (χ3n) is 3.76. The minimum atomic E-state index is -1.23. The van der Waals surface area contributed by atoms with Crippen molar-refractivity contribution in [3.8, 4) is 11.8 Å². The standard InChI is InChI=1S/C21H19N3O5/c1-14(19(25)23-24-20(26)16-6-4-3-5-7-16)29-21(27)17(13-22)12-15-8-10-18(28-2)11-9-15/h3-12,14H,1-2H3,(H,23,25)(H,24,26)/b17-12+/t14-/m0/s1. The highest BCUT2D eigenvalue weighted by Crippen LogP contribution is 2.14. The highest BCUT2D eigenvalue weighted by molar-refractivity contribution is 5.99. The van der Waals surface area contributed by atoms with Gasteiger partial charge in [-0.05, 0) is 42.8 Å². The maximum atomic E-state index is 12.2. The van der Waals surface area contributed by atoms with Crippen LogP contribution in [0.4, 0.5) is 0 Å². The average molecular weight is 393 g/mol. The van der Waals surface area contributed by atoms with E-state index < -0.39 is 23.9 Å². The molecule has 8 nitrogen and oxygen atoms in total. The van der Waals surface area contributed by atoms with Crippen molar-refractivity contribution in [2.75, 3.05) is 7.11 Å². The quantitative estimate of drug-likeness (QED) is 0.335. The molecule has 0 radical (unpaired) electrons. The summed E-state index contributed by atoms with van der Waals surface area (Å²) in [5, 5.41) is 9.21. The van der Waals surface area contributed by atoms with E-state index in [1.54, 1.807) is 60.7 Å². The van der Waals surface area contributed by atoms with Crippen LogP contribution in [-0.4, -0.2) is 31.0 Å². The molecule has 0 heterocycles. The smallest absolute Gasteiger partial charge is 0.349 e. The largest absolute Gasteiger partial charge is 0.497 e. The highest BCUT2D eigenvalue weighted by atomic mass is 16.5. The minimum absolute atomic E-state index is 0.275. The lowest BCUT2D eigenvalue weighted by molar-refractivity contribution is -0.151. The molecule has 0 aromatic heterocycles. The normalized spacial score (nSPS) is 11.6. The van der Waals surface area contributed by atoms with Gasteiger partial charge in [0, 0.05) is 5.56 Å². The number of methoxy groups -OCH3 is 1. The molecule has 8 heteroatoms. The molecule has 0 saturated heterocycles. The van der Waals surface area contributed by atoms with Crippen LogP contribution in [0, 0.1) is 11.3 Å². The number of nitriles is 1. The van der Waals surface area contributed by atoms with Gasteiger partial charge in [-0.15, -0.1) is 0 Å². The van der Waals surface area contributed by atoms with Gasteiger partial charge in [-0.1, -0.05) is 30.3 Å².